The van der Waals surface area contributed by atoms with Crippen molar-refractivity contribution in [3.8, 4) is 0 Å². The number of likely N-dealkylation sites (tertiary alicyclic amines) is 1. The van der Waals surface area contributed by atoms with Crippen LogP contribution < -0.4 is 0 Å². The molecule has 2 aromatic rings. The number of aliphatic hydroxyl groups is 1. The number of benzene rings is 1. The van der Waals surface area contributed by atoms with E-state index in [1.165, 1.54) is 0 Å². The van der Waals surface area contributed by atoms with Gasteiger partial charge >= 0.3 is 5.97 Å². The normalized spacial score (nSPS) is 21.8. The van der Waals surface area contributed by atoms with E-state index in [0.29, 0.717) is 38.6 Å². The monoisotopic (exact) mass is 399 g/mol. The predicted molar refractivity (Wildman–Crippen MR) is 108 cm³/mol. The van der Waals surface area contributed by atoms with Crippen molar-refractivity contribution in [2.45, 2.75) is 51.0 Å². The molecular weight excluding hydrogens is 370 g/mol. The highest BCUT2D eigenvalue weighted by molar-refractivity contribution is 5.80. The van der Waals surface area contributed by atoms with Gasteiger partial charge < -0.3 is 15.1 Å². The molecule has 0 spiro atoms. The number of nitrogens with one attached hydrogen (secondary N) is 1. The number of aliphatic carboxylic acids is 1. The number of aryl methyl sites for hydroxylation is 2. The molecule has 2 heterocycles. The molecule has 29 heavy (non-hydrogen) atoms. The van der Waals surface area contributed by atoms with Crippen LogP contribution in [0.25, 0.3) is 0 Å². The summed E-state index contributed by atoms with van der Waals surface area (Å²) in [6.07, 6.45) is 6.45. The summed E-state index contributed by atoms with van der Waals surface area (Å²) in [5.74, 6) is -1.07. The highest BCUT2D eigenvalue weighted by atomic mass is 16.4. The van der Waals surface area contributed by atoms with Crippen molar-refractivity contribution in [3.05, 3.63) is 53.9 Å². The fourth-order valence-electron chi connectivity index (χ4n) is 4.12. The molecule has 0 radical (unpaired) electrons. The Balaban J connectivity index is 1.58. The Kier molecular flexibility index (Phi) is 7.04. The predicted octanol–water partition coefficient (Wildman–Crippen LogP) is 2.42. The van der Waals surface area contributed by atoms with Crippen molar-refractivity contribution in [1.82, 2.24) is 15.1 Å². The van der Waals surface area contributed by atoms with Gasteiger partial charge in [-0.1, -0.05) is 30.3 Å². The lowest BCUT2D eigenvalue weighted by atomic mass is 9.73. The number of carbonyl (C=O) groups is 2. The highest BCUT2D eigenvalue weighted by Crippen LogP contribution is 2.36. The Morgan fingerprint density at radius 1 is 1.17 bits per heavy atom. The molecule has 0 unspecified atom stereocenters. The maximum absolute atomic E-state index is 12.7. The Morgan fingerprint density at radius 2 is 1.93 bits per heavy atom. The average molecular weight is 399 g/mol. The number of aromatic amines is 1. The minimum atomic E-state index is -1.30. The second-order valence-electron chi connectivity index (χ2n) is 7.88. The van der Waals surface area contributed by atoms with E-state index in [-0.39, 0.29) is 12.5 Å². The molecule has 3 N–H and O–H groups in total. The number of aliphatic hydroxyl groups excluding tert-OH is 1. The summed E-state index contributed by atoms with van der Waals surface area (Å²) in [6.45, 7) is 0.474. The first-order valence-corrected chi connectivity index (χ1v) is 10.2. The molecule has 0 saturated carbocycles. The van der Waals surface area contributed by atoms with Crippen LogP contribution >= 0.6 is 0 Å². The maximum atomic E-state index is 12.7. The highest BCUT2D eigenvalue weighted by Gasteiger charge is 2.49. The summed E-state index contributed by atoms with van der Waals surface area (Å²) in [5.41, 5.74) is 0.894. The van der Waals surface area contributed by atoms with Gasteiger partial charge in [0.15, 0.2) is 0 Å². The van der Waals surface area contributed by atoms with Gasteiger partial charge in [-0.15, -0.1) is 0 Å². The number of rotatable bonds is 9. The maximum Gasteiger partial charge on any atom is 0.314 e. The van der Waals surface area contributed by atoms with Crippen LogP contribution in [0.15, 0.2) is 42.7 Å². The third-order valence-electron chi connectivity index (χ3n) is 5.90. The molecule has 1 fully saturated rings. The van der Waals surface area contributed by atoms with E-state index in [9.17, 15) is 19.8 Å². The van der Waals surface area contributed by atoms with Crippen molar-refractivity contribution in [2.75, 3.05) is 13.1 Å². The van der Waals surface area contributed by atoms with Crippen molar-refractivity contribution < 1.29 is 19.8 Å². The van der Waals surface area contributed by atoms with Gasteiger partial charge in [0.05, 0.1) is 12.3 Å². The first kappa shape index (κ1) is 21.0. The van der Waals surface area contributed by atoms with Gasteiger partial charge in [0.2, 0.25) is 5.91 Å². The second-order valence-corrected chi connectivity index (χ2v) is 7.88. The average Bonchev–Trinajstić information content (AvgIpc) is 3.23. The lowest BCUT2D eigenvalue weighted by Gasteiger charge is -2.43. The largest absolute Gasteiger partial charge is 0.481 e. The number of H-pyrrole nitrogens is 1. The number of carbonyl (C=O) groups excluding carboxylic acids is 1. The zero-order chi connectivity index (χ0) is 20.7. The van der Waals surface area contributed by atoms with Gasteiger partial charge in [0.25, 0.3) is 0 Å². The molecule has 1 aromatic carbocycles. The Labute approximate surface area is 170 Å². The van der Waals surface area contributed by atoms with Crippen LogP contribution in [0, 0.1) is 5.41 Å². The van der Waals surface area contributed by atoms with E-state index in [1.54, 1.807) is 11.1 Å². The first-order chi connectivity index (χ1) is 14.0. The number of carboxylic acids is 1. The molecule has 7 heteroatoms. The van der Waals surface area contributed by atoms with Crippen LogP contribution in [0.5, 0.6) is 0 Å². The Hall–Kier alpha value is -2.67. The Morgan fingerprint density at radius 3 is 2.62 bits per heavy atom. The second kappa shape index (κ2) is 9.69. The number of aromatic nitrogens is 2. The standard InChI is InChI=1S/C22H29N3O4/c26-19-11-13-25(20(27)10-4-8-18-14-23-24-15-18)16-22(19,21(28)29)12-5-9-17-6-2-1-3-7-17/h1-3,6-7,14-15,19,26H,4-5,8-13,16H2,(H,23,24)(H,28,29)/t19-,22+/m0/s1. The van der Waals surface area contributed by atoms with E-state index in [1.807, 2.05) is 36.5 Å². The number of hydrogen-bond donors (Lipinski definition) is 3. The molecule has 1 aromatic heterocycles. The summed E-state index contributed by atoms with van der Waals surface area (Å²) >= 11 is 0. The minimum absolute atomic E-state index is 0.0471. The molecule has 1 amide bonds. The van der Waals surface area contributed by atoms with E-state index in [2.05, 4.69) is 10.2 Å². The van der Waals surface area contributed by atoms with E-state index in [0.717, 1.165) is 24.0 Å². The molecule has 2 atom stereocenters. The molecule has 1 aliphatic heterocycles. The molecule has 0 aliphatic carbocycles. The summed E-state index contributed by atoms with van der Waals surface area (Å²) in [6, 6.07) is 9.90. The number of nitrogens with zero attached hydrogens (tertiary/aromatic N) is 2. The van der Waals surface area contributed by atoms with Crippen molar-refractivity contribution in [1.29, 1.82) is 0 Å². The van der Waals surface area contributed by atoms with Gasteiger partial charge in [-0.25, -0.2) is 0 Å². The van der Waals surface area contributed by atoms with Crippen LogP contribution in [-0.4, -0.2) is 56.4 Å². The van der Waals surface area contributed by atoms with Crippen LogP contribution in [-0.2, 0) is 22.4 Å². The number of hydrogen-bond acceptors (Lipinski definition) is 4. The topological polar surface area (TPSA) is 107 Å². The van der Waals surface area contributed by atoms with Crippen LogP contribution in [0.2, 0.25) is 0 Å². The molecule has 156 valence electrons. The van der Waals surface area contributed by atoms with E-state index >= 15 is 0 Å². The van der Waals surface area contributed by atoms with Gasteiger partial charge in [-0.2, -0.15) is 5.10 Å². The van der Waals surface area contributed by atoms with Crippen LogP contribution in [0.1, 0.15) is 43.2 Å². The smallest absolute Gasteiger partial charge is 0.314 e. The number of amides is 1. The Bertz CT molecular complexity index is 794. The molecule has 1 saturated heterocycles. The first-order valence-electron chi connectivity index (χ1n) is 10.2. The zero-order valence-electron chi connectivity index (χ0n) is 16.6. The van der Waals surface area contributed by atoms with Gasteiger partial charge in [-0.3, -0.25) is 14.7 Å². The van der Waals surface area contributed by atoms with Crippen molar-refractivity contribution in [3.63, 3.8) is 0 Å². The van der Waals surface area contributed by atoms with Crippen molar-refractivity contribution >= 4 is 11.9 Å². The summed E-state index contributed by atoms with van der Waals surface area (Å²) in [4.78, 5) is 26.4. The van der Waals surface area contributed by atoms with Gasteiger partial charge in [0, 0.05) is 25.7 Å². The zero-order valence-corrected chi connectivity index (χ0v) is 16.6. The SMILES string of the molecule is O=C(CCCc1cn[nH]c1)N1CC[C@H](O)[C@](CCCc2ccccc2)(C(=O)O)C1. The van der Waals surface area contributed by atoms with E-state index in [4.69, 9.17) is 0 Å². The third kappa shape index (κ3) is 5.23. The third-order valence-corrected chi connectivity index (χ3v) is 5.90. The molecular formula is C22H29N3O4. The van der Waals surface area contributed by atoms with E-state index < -0.39 is 17.5 Å². The number of piperidine rings is 1. The van der Waals surface area contributed by atoms with Gasteiger partial charge in [0.1, 0.15) is 5.41 Å². The summed E-state index contributed by atoms with van der Waals surface area (Å²) < 4.78 is 0. The van der Waals surface area contributed by atoms with Crippen molar-refractivity contribution in [2.24, 2.45) is 5.41 Å². The van der Waals surface area contributed by atoms with Crippen LogP contribution in [0.4, 0.5) is 0 Å². The molecule has 1 aliphatic rings. The fourth-order valence-corrected chi connectivity index (χ4v) is 4.12. The lowest BCUT2D eigenvalue weighted by Crippen LogP contribution is -2.57. The quantitative estimate of drug-likeness (QED) is 0.600. The summed E-state index contributed by atoms with van der Waals surface area (Å²) in [7, 11) is 0. The molecule has 3 rings (SSSR count). The fraction of sp³-hybridized carbons (Fsp3) is 0.500. The minimum Gasteiger partial charge on any atom is -0.481 e. The molecule has 7 nitrogen and oxygen atoms in total. The number of carboxylic acid groups (broad SMARTS) is 1. The van der Waals surface area contributed by atoms with Gasteiger partial charge in [-0.05, 0) is 49.7 Å². The lowest BCUT2D eigenvalue weighted by molar-refractivity contribution is -0.167. The van der Waals surface area contributed by atoms with Crippen LogP contribution in [0.3, 0.4) is 0 Å². The summed E-state index contributed by atoms with van der Waals surface area (Å²) in [5, 5.41) is 27.2. The molecule has 0 bridgehead atoms.